The van der Waals surface area contributed by atoms with Crippen LogP contribution in [0.5, 0.6) is 0 Å². The van der Waals surface area contributed by atoms with Crippen LogP contribution in [0.25, 0.3) is 0 Å². The van der Waals surface area contributed by atoms with Crippen molar-refractivity contribution in [2.45, 2.75) is 26.4 Å². The molecular weight excluding hydrogens is 314 g/mol. The van der Waals surface area contributed by atoms with E-state index in [4.69, 9.17) is 9.15 Å². The maximum Gasteiger partial charge on any atom is 0.193 e. The van der Waals surface area contributed by atoms with Crippen molar-refractivity contribution >= 4 is 5.96 Å². The van der Waals surface area contributed by atoms with Gasteiger partial charge in [-0.25, -0.2) is 0 Å². The van der Waals surface area contributed by atoms with Gasteiger partial charge in [-0.3, -0.25) is 4.99 Å². The Labute approximate surface area is 149 Å². The van der Waals surface area contributed by atoms with Gasteiger partial charge in [-0.1, -0.05) is 23.8 Å². The molecule has 1 aromatic carbocycles. The van der Waals surface area contributed by atoms with E-state index in [9.17, 15) is 0 Å². The van der Waals surface area contributed by atoms with Crippen LogP contribution in [0.4, 0.5) is 0 Å². The second-order valence-corrected chi connectivity index (χ2v) is 6.47. The summed E-state index contributed by atoms with van der Waals surface area (Å²) in [5.41, 5.74) is 3.83. The molecule has 2 heterocycles. The molecule has 0 saturated carbocycles. The van der Waals surface area contributed by atoms with E-state index >= 15 is 0 Å². The zero-order valence-electron chi connectivity index (χ0n) is 15.3. The Morgan fingerprint density at radius 3 is 2.92 bits per heavy atom. The highest BCUT2D eigenvalue weighted by atomic mass is 16.5. The summed E-state index contributed by atoms with van der Waals surface area (Å²) in [6, 6.07) is 10.5. The predicted octanol–water partition coefficient (Wildman–Crippen LogP) is 3.09. The fourth-order valence-corrected chi connectivity index (χ4v) is 3.30. The summed E-state index contributed by atoms with van der Waals surface area (Å²) >= 11 is 0. The number of nitrogens with one attached hydrogen (secondary N) is 1. The third-order valence-corrected chi connectivity index (χ3v) is 4.58. The molecule has 5 nitrogen and oxygen atoms in total. The van der Waals surface area contributed by atoms with E-state index in [0.29, 0.717) is 6.61 Å². The standard InChI is InChI=1S/C20H27N3O2/c1-15-6-7-18(16(2)13-15)19-14-23(10-12-25-19)20(21-3)22-9-8-17-5-4-11-24-17/h4-7,11,13,19H,8-10,12,14H2,1-3H3,(H,21,22). The van der Waals surface area contributed by atoms with Gasteiger partial charge in [-0.15, -0.1) is 0 Å². The third-order valence-electron chi connectivity index (χ3n) is 4.58. The second-order valence-electron chi connectivity index (χ2n) is 6.47. The van der Waals surface area contributed by atoms with Crippen molar-refractivity contribution in [1.29, 1.82) is 0 Å². The normalized spacial score (nSPS) is 18.4. The van der Waals surface area contributed by atoms with Gasteiger partial charge in [0.15, 0.2) is 5.96 Å². The molecule has 1 unspecified atom stereocenters. The van der Waals surface area contributed by atoms with E-state index in [0.717, 1.165) is 37.8 Å². The first kappa shape index (κ1) is 17.5. The third kappa shape index (κ3) is 4.42. The van der Waals surface area contributed by atoms with Crippen LogP contribution in [0.3, 0.4) is 0 Å². The molecule has 1 saturated heterocycles. The Bertz CT molecular complexity index is 710. The Morgan fingerprint density at radius 1 is 1.32 bits per heavy atom. The number of nitrogens with zero attached hydrogens (tertiary/aromatic N) is 2. The van der Waals surface area contributed by atoms with E-state index in [1.807, 2.05) is 19.2 Å². The minimum Gasteiger partial charge on any atom is -0.469 e. The number of benzene rings is 1. The summed E-state index contributed by atoms with van der Waals surface area (Å²) in [5, 5.41) is 3.43. The number of rotatable bonds is 4. The summed E-state index contributed by atoms with van der Waals surface area (Å²) in [5.74, 6) is 1.91. The lowest BCUT2D eigenvalue weighted by atomic mass is 10.00. The Morgan fingerprint density at radius 2 is 2.20 bits per heavy atom. The molecule has 0 amide bonds. The summed E-state index contributed by atoms with van der Waals surface area (Å²) in [7, 11) is 1.83. The molecule has 1 aliphatic rings. The quantitative estimate of drug-likeness (QED) is 0.686. The molecule has 1 N–H and O–H groups in total. The van der Waals surface area contributed by atoms with Crippen LogP contribution in [-0.2, 0) is 11.2 Å². The molecule has 1 fully saturated rings. The summed E-state index contributed by atoms with van der Waals surface area (Å²) in [4.78, 5) is 6.71. The van der Waals surface area contributed by atoms with Gasteiger partial charge in [0, 0.05) is 26.6 Å². The molecule has 25 heavy (non-hydrogen) atoms. The zero-order valence-corrected chi connectivity index (χ0v) is 15.3. The highest BCUT2D eigenvalue weighted by Gasteiger charge is 2.25. The molecular formula is C20H27N3O2. The van der Waals surface area contributed by atoms with Crippen LogP contribution in [0.15, 0.2) is 46.0 Å². The molecule has 1 aromatic heterocycles. The Balaban J connectivity index is 1.60. The van der Waals surface area contributed by atoms with Gasteiger partial charge in [0.05, 0.1) is 19.4 Å². The number of ether oxygens (including phenoxy) is 1. The topological polar surface area (TPSA) is 50.0 Å². The van der Waals surface area contributed by atoms with Crippen LogP contribution in [0.1, 0.15) is 28.6 Å². The smallest absolute Gasteiger partial charge is 0.193 e. The Kier molecular flexibility index (Phi) is 5.76. The maximum atomic E-state index is 6.03. The lowest BCUT2D eigenvalue weighted by Gasteiger charge is -2.35. The lowest BCUT2D eigenvalue weighted by molar-refractivity contribution is -0.00830. The first-order chi connectivity index (χ1) is 12.2. The number of aryl methyl sites for hydroxylation is 2. The van der Waals surface area contributed by atoms with Crippen LogP contribution >= 0.6 is 0 Å². The zero-order chi connectivity index (χ0) is 17.6. The number of guanidine groups is 1. The van der Waals surface area contributed by atoms with Gasteiger partial charge in [0.1, 0.15) is 11.9 Å². The van der Waals surface area contributed by atoms with Crippen molar-refractivity contribution in [2.75, 3.05) is 33.3 Å². The van der Waals surface area contributed by atoms with Crippen molar-refractivity contribution in [1.82, 2.24) is 10.2 Å². The molecule has 134 valence electrons. The molecule has 2 aromatic rings. The van der Waals surface area contributed by atoms with Crippen molar-refractivity contribution in [3.8, 4) is 0 Å². The molecule has 1 aliphatic heterocycles. The number of morpholine rings is 1. The highest BCUT2D eigenvalue weighted by Crippen LogP contribution is 2.25. The molecule has 5 heteroatoms. The van der Waals surface area contributed by atoms with E-state index < -0.39 is 0 Å². The van der Waals surface area contributed by atoms with E-state index in [2.05, 4.69) is 47.3 Å². The number of aliphatic imine (C=N–C) groups is 1. The van der Waals surface area contributed by atoms with Crippen molar-refractivity contribution < 1.29 is 9.15 Å². The largest absolute Gasteiger partial charge is 0.469 e. The minimum atomic E-state index is 0.0815. The monoisotopic (exact) mass is 341 g/mol. The van der Waals surface area contributed by atoms with E-state index in [-0.39, 0.29) is 6.10 Å². The first-order valence-corrected chi connectivity index (χ1v) is 8.84. The predicted molar refractivity (Wildman–Crippen MR) is 100.0 cm³/mol. The summed E-state index contributed by atoms with van der Waals surface area (Å²) in [6.07, 6.45) is 2.63. The average Bonchev–Trinajstić information content (AvgIpc) is 3.12. The summed E-state index contributed by atoms with van der Waals surface area (Å²) in [6.45, 7) is 7.44. The van der Waals surface area contributed by atoms with E-state index in [1.54, 1.807) is 6.26 Å². The van der Waals surface area contributed by atoms with Crippen LogP contribution in [0.2, 0.25) is 0 Å². The number of furan rings is 1. The second kappa shape index (κ2) is 8.21. The van der Waals surface area contributed by atoms with E-state index in [1.165, 1.54) is 16.7 Å². The van der Waals surface area contributed by atoms with Crippen LogP contribution in [0, 0.1) is 13.8 Å². The minimum absolute atomic E-state index is 0.0815. The van der Waals surface area contributed by atoms with Gasteiger partial charge in [0.25, 0.3) is 0 Å². The van der Waals surface area contributed by atoms with Gasteiger partial charge in [0.2, 0.25) is 0 Å². The molecule has 0 bridgehead atoms. The molecule has 0 aliphatic carbocycles. The first-order valence-electron chi connectivity index (χ1n) is 8.84. The average molecular weight is 341 g/mol. The summed E-state index contributed by atoms with van der Waals surface area (Å²) < 4.78 is 11.4. The fourth-order valence-electron chi connectivity index (χ4n) is 3.30. The molecule has 0 radical (unpaired) electrons. The van der Waals surface area contributed by atoms with Crippen LogP contribution < -0.4 is 5.32 Å². The van der Waals surface area contributed by atoms with Gasteiger partial charge >= 0.3 is 0 Å². The lowest BCUT2D eigenvalue weighted by Crippen LogP contribution is -2.48. The number of hydrogen-bond donors (Lipinski definition) is 1. The molecule has 3 rings (SSSR count). The van der Waals surface area contributed by atoms with Gasteiger partial charge in [-0.2, -0.15) is 0 Å². The van der Waals surface area contributed by atoms with Crippen molar-refractivity contribution in [2.24, 2.45) is 4.99 Å². The van der Waals surface area contributed by atoms with Gasteiger partial charge in [-0.05, 0) is 37.1 Å². The van der Waals surface area contributed by atoms with Crippen molar-refractivity contribution in [3.63, 3.8) is 0 Å². The SMILES string of the molecule is CN=C(NCCc1ccco1)N1CCOC(c2ccc(C)cc2C)C1. The number of hydrogen-bond acceptors (Lipinski definition) is 3. The van der Waals surface area contributed by atoms with Crippen molar-refractivity contribution in [3.05, 3.63) is 59.0 Å². The fraction of sp³-hybridized carbons (Fsp3) is 0.450. The Hall–Kier alpha value is -2.27. The highest BCUT2D eigenvalue weighted by molar-refractivity contribution is 5.80. The maximum absolute atomic E-state index is 6.03. The molecule has 1 atom stereocenters. The van der Waals surface area contributed by atoms with Gasteiger partial charge < -0.3 is 19.4 Å². The van der Waals surface area contributed by atoms with Crippen LogP contribution in [-0.4, -0.2) is 44.1 Å². The molecule has 0 spiro atoms.